The molecule has 0 bridgehead atoms. The Balaban J connectivity index is 2.64. The van der Waals surface area contributed by atoms with Gasteiger partial charge in [0.15, 0.2) is 0 Å². The summed E-state index contributed by atoms with van der Waals surface area (Å²) in [7, 11) is 2.00. The summed E-state index contributed by atoms with van der Waals surface area (Å²) in [6.45, 7) is 4.50. The quantitative estimate of drug-likeness (QED) is 0.779. The molecule has 0 radical (unpaired) electrons. The number of rotatable bonds is 6. The van der Waals surface area contributed by atoms with E-state index in [0.29, 0.717) is 6.04 Å². The molecule has 1 aromatic heterocycles. The van der Waals surface area contributed by atoms with Gasteiger partial charge in [-0.15, -0.1) is 0 Å². The molecule has 1 heterocycles. The number of hydrogen-bond acceptors (Lipinski definition) is 3. The van der Waals surface area contributed by atoms with Crippen LogP contribution in [-0.4, -0.2) is 17.0 Å². The second-order valence-electron chi connectivity index (χ2n) is 3.93. The Morgan fingerprint density at radius 1 is 1.20 bits per heavy atom. The van der Waals surface area contributed by atoms with E-state index in [2.05, 4.69) is 29.1 Å². The molecule has 0 amide bonds. The van der Waals surface area contributed by atoms with Crippen molar-refractivity contribution in [2.45, 2.75) is 39.2 Å². The van der Waals surface area contributed by atoms with E-state index in [0.717, 1.165) is 12.3 Å². The molecule has 1 atom stereocenters. The maximum atomic E-state index is 4.06. The summed E-state index contributed by atoms with van der Waals surface area (Å²) in [4.78, 5) is 8.12. The van der Waals surface area contributed by atoms with Gasteiger partial charge in [0.05, 0.1) is 0 Å². The molecule has 1 aromatic rings. The molecule has 0 aliphatic heterocycles. The molecule has 1 unspecified atom stereocenters. The van der Waals surface area contributed by atoms with Gasteiger partial charge in [0, 0.05) is 24.0 Å². The topological polar surface area (TPSA) is 37.8 Å². The average Bonchev–Trinajstić information content (AvgIpc) is 2.32. The Labute approximate surface area is 92.3 Å². The highest BCUT2D eigenvalue weighted by atomic mass is 14.9. The molecule has 3 heteroatoms. The highest BCUT2D eigenvalue weighted by Crippen LogP contribution is 2.23. The van der Waals surface area contributed by atoms with Crippen LogP contribution in [0.2, 0.25) is 0 Å². The lowest BCUT2D eigenvalue weighted by molar-refractivity contribution is 0.384. The van der Waals surface area contributed by atoms with Crippen LogP contribution in [-0.2, 0) is 0 Å². The fraction of sp³-hybridized carbons (Fsp3) is 0.667. The zero-order valence-corrected chi connectivity index (χ0v) is 9.90. The van der Waals surface area contributed by atoms with Crippen LogP contribution < -0.4 is 5.32 Å². The van der Waals surface area contributed by atoms with Crippen molar-refractivity contribution in [2.24, 2.45) is 5.92 Å². The Morgan fingerprint density at radius 3 is 2.27 bits per heavy atom. The zero-order chi connectivity index (χ0) is 11.1. The summed E-state index contributed by atoms with van der Waals surface area (Å²) in [5, 5.41) is 3.34. The molecule has 84 valence electrons. The third-order valence-electron chi connectivity index (χ3n) is 3.06. The van der Waals surface area contributed by atoms with E-state index in [-0.39, 0.29) is 0 Å². The SMILES string of the molecule is CCC(CC)CC(NC)c1cncnc1. The van der Waals surface area contributed by atoms with Crippen LogP contribution in [0.4, 0.5) is 0 Å². The van der Waals surface area contributed by atoms with E-state index in [4.69, 9.17) is 0 Å². The predicted octanol–water partition coefficient (Wildman–Crippen LogP) is 2.56. The van der Waals surface area contributed by atoms with Gasteiger partial charge < -0.3 is 5.32 Å². The van der Waals surface area contributed by atoms with E-state index >= 15 is 0 Å². The average molecular weight is 207 g/mol. The summed E-state index contributed by atoms with van der Waals surface area (Å²) in [6.07, 6.45) is 9.02. The maximum Gasteiger partial charge on any atom is 0.115 e. The number of hydrogen-bond donors (Lipinski definition) is 1. The summed E-state index contributed by atoms with van der Waals surface area (Å²) in [5.41, 5.74) is 1.19. The standard InChI is InChI=1S/C12H21N3/c1-4-10(5-2)6-12(13-3)11-7-14-9-15-8-11/h7-10,12-13H,4-6H2,1-3H3. The Hall–Kier alpha value is -0.960. The lowest BCUT2D eigenvalue weighted by Gasteiger charge is -2.21. The Kier molecular flexibility index (Phi) is 5.26. The van der Waals surface area contributed by atoms with E-state index in [9.17, 15) is 0 Å². The van der Waals surface area contributed by atoms with Crippen molar-refractivity contribution in [1.29, 1.82) is 0 Å². The van der Waals surface area contributed by atoms with Crippen molar-refractivity contribution < 1.29 is 0 Å². The van der Waals surface area contributed by atoms with Crippen molar-refractivity contribution in [3.63, 3.8) is 0 Å². The van der Waals surface area contributed by atoms with E-state index < -0.39 is 0 Å². The first kappa shape index (κ1) is 12.1. The highest BCUT2D eigenvalue weighted by molar-refractivity contribution is 5.09. The van der Waals surface area contributed by atoms with Gasteiger partial charge >= 0.3 is 0 Å². The van der Waals surface area contributed by atoms with Crippen molar-refractivity contribution >= 4 is 0 Å². The van der Waals surface area contributed by atoms with Gasteiger partial charge in [0.25, 0.3) is 0 Å². The van der Waals surface area contributed by atoms with E-state index in [1.807, 2.05) is 19.4 Å². The molecule has 0 saturated heterocycles. The molecule has 0 saturated carbocycles. The van der Waals surface area contributed by atoms with E-state index in [1.54, 1.807) is 6.33 Å². The predicted molar refractivity (Wildman–Crippen MR) is 62.5 cm³/mol. The molecule has 3 nitrogen and oxygen atoms in total. The molecule has 1 rings (SSSR count). The van der Waals surface area contributed by atoms with Crippen LogP contribution in [0.1, 0.15) is 44.7 Å². The second kappa shape index (κ2) is 6.51. The van der Waals surface area contributed by atoms with Crippen LogP contribution in [0.25, 0.3) is 0 Å². The summed E-state index contributed by atoms with van der Waals surface area (Å²) in [6, 6.07) is 0.385. The van der Waals surface area contributed by atoms with Crippen LogP contribution >= 0.6 is 0 Å². The van der Waals surface area contributed by atoms with Gasteiger partial charge in [-0.25, -0.2) is 9.97 Å². The highest BCUT2D eigenvalue weighted by Gasteiger charge is 2.14. The minimum atomic E-state index is 0.385. The largest absolute Gasteiger partial charge is 0.313 e. The van der Waals surface area contributed by atoms with Crippen molar-refractivity contribution in [3.05, 3.63) is 24.3 Å². The first-order chi connectivity index (χ1) is 7.31. The second-order valence-corrected chi connectivity index (χ2v) is 3.93. The van der Waals surface area contributed by atoms with Crippen molar-refractivity contribution in [1.82, 2.24) is 15.3 Å². The molecule has 0 fully saturated rings. The minimum Gasteiger partial charge on any atom is -0.313 e. The molecule has 0 aliphatic rings. The number of nitrogens with one attached hydrogen (secondary N) is 1. The number of nitrogens with zero attached hydrogens (tertiary/aromatic N) is 2. The summed E-state index contributed by atoms with van der Waals surface area (Å²) < 4.78 is 0. The minimum absolute atomic E-state index is 0.385. The van der Waals surface area contributed by atoms with Crippen LogP contribution in [0.15, 0.2) is 18.7 Å². The normalized spacial score (nSPS) is 13.1. The van der Waals surface area contributed by atoms with Gasteiger partial charge in [0.2, 0.25) is 0 Å². The smallest absolute Gasteiger partial charge is 0.115 e. The molecular formula is C12H21N3. The molecule has 0 aromatic carbocycles. The molecule has 15 heavy (non-hydrogen) atoms. The number of aromatic nitrogens is 2. The third kappa shape index (κ3) is 3.59. The molecule has 1 N–H and O–H groups in total. The fourth-order valence-corrected chi connectivity index (χ4v) is 1.87. The van der Waals surface area contributed by atoms with Crippen LogP contribution in [0.5, 0.6) is 0 Å². The van der Waals surface area contributed by atoms with Gasteiger partial charge in [-0.05, 0) is 19.4 Å². The molecule has 0 aliphatic carbocycles. The van der Waals surface area contributed by atoms with Gasteiger partial charge in [-0.1, -0.05) is 26.7 Å². The summed E-state index contributed by atoms with van der Waals surface area (Å²) in [5.74, 6) is 0.780. The maximum absolute atomic E-state index is 4.06. The van der Waals surface area contributed by atoms with Crippen molar-refractivity contribution in [3.8, 4) is 0 Å². The monoisotopic (exact) mass is 207 g/mol. The van der Waals surface area contributed by atoms with Gasteiger partial charge in [-0.2, -0.15) is 0 Å². The Bertz CT molecular complexity index is 257. The summed E-state index contributed by atoms with van der Waals surface area (Å²) >= 11 is 0. The fourth-order valence-electron chi connectivity index (χ4n) is 1.87. The van der Waals surface area contributed by atoms with Crippen LogP contribution in [0.3, 0.4) is 0 Å². The van der Waals surface area contributed by atoms with Gasteiger partial charge in [-0.3, -0.25) is 0 Å². The third-order valence-corrected chi connectivity index (χ3v) is 3.06. The first-order valence-corrected chi connectivity index (χ1v) is 5.73. The zero-order valence-electron chi connectivity index (χ0n) is 9.90. The first-order valence-electron chi connectivity index (χ1n) is 5.73. The van der Waals surface area contributed by atoms with Gasteiger partial charge in [0.1, 0.15) is 6.33 Å². The lowest BCUT2D eigenvalue weighted by Crippen LogP contribution is -2.20. The van der Waals surface area contributed by atoms with Crippen molar-refractivity contribution in [2.75, 3.05) is 7.05 Å². The molecular weight excluding hydrogens is 186 g/mol. The Morgan fingerprint density at radius 2 is 1.80 bits per heavy atom. The van der Waals surface area contributed by atoms with E-state index in [1.165, 1.54) is 18.4 Å². The lowest BCUT2D eigenvalue weighted by atomic mass is 9.92. The molecule has 0 spiro atoms. The van der Waals surface area contributed by atoms with Crippen LogP contribution in [0, 0.1) is 5.92 Å².